The van der Waals surface area contributed by atoms with E-state index in [4.69, 9.17) is 11.6 Å². The van der Waals surface area contributed by atoms with Crippen LogP contribution in [0.5, 0.6) is 0 Å². The first-order chi connectivity index (χ1) is 12.9. The van der Waals surface area contributed by atoms with E-state index in [9.17, 15) is 4.79 Å². The summed E-state index contributed by atoms with van der Waals surface area (Å²) >= 11 is 6.49. The number of hydrogen-bond acceptors (Lipinski definition) is 3. The third kappa shape index (κ3) is 3.29. The van der Waals surface area contributed by atoms with E-state index in [0.717, 1.165) is 24.2 Å². The molecule has 1 aliphatic carbocycles. The molecule has 0 bridgehead atoms. The minimum Gasteiger partial charge on any atom is -0.345 e. The first-order valence-corrected chi connectivity index (χ1v) is 9.29. The number of carbonyl (C=O) groups is 1. The summed E-state index contributed by atoms with van der Waals surface area (Å²) in [6.45, 7) is 0. The Bertz CT molecular complexity index is 1010. The number of carbonyl (C=O) groups excluding carboxylic acids is 1. The molecule has 1 fully saturated rings. The summed E-state index contributed by atoms with van der Waals surface area (Å²) in [7, 11) is 5.42. The minimum absolute atomic E-state index is 0. The predicted molar refractivity (Wildman–Crippen MR) is 113 cm³/mol. The minimum atomic E-state index is -0.0804. The van der Waals surface area contributed by atoms with Gasteiger partial charge in [-0.15, -0.1) is 22.6 Å². The third-order valence-corrected chi connectivity index (χ3v) is 5.56. The van der Waals surface area contributed by atoms with Gasteiger partial charge in [-0.3, -0.25) is 4.79 Å². The molecule has 0 unspecified atom stereocenters. The number of benzene rings is 2. The Morgan fingerprint density at radius 3 is 2.36 bits per heavy atom. The summed E-state index contributed by atoms with van der Waals surface area (Å²) in [5.74, 6) is 1.58. The van der Waals surface area contributed by atoms with Crippen molar-refractivity contribution in [3.05, 3.63) is 70.5 Å². The monoisotopic (exact) mass is 416 g/mol. The molecule has 0 spiro atoms. The van der Waals surface area contributed by atoms with Gasteiger partial charge in [-0.05, 0) is 36.6 Å². The van der Waals surface area contributed by atoms with Gasteiger partial charge < -0.3 is 9.47 Å². The van der Waals surface area contributed by atoms with Crippen LogP contribution in [0.4, 0.5) is 0 Å². The smallest absolute Gasteiger partial charge is 0.253 e. The van der Waals surface area contributed by atoms with Crippen molar-refractivity contribution in [1.82, 2.24) is 19.7 Å². The van der Waals surface area contributed by atoms with Gasteiger partial charge in [-0.25, -0.2) is 0 Å². The highest BCUT2D eigenvalue weighted by molar-refractivity contribution is 6.33. The molecule has 1 saturated carbocycles. The van der Waals surface area contributed by atoms with Gasteiger partial charge in [0.1, 0.15) is 5.82 Å². The highest BCUT2D eigenvalue weighted by Crippen LogP contribution is 2.53. The van der Waals surface area contributed by atoms with Crippen LogP contribution in [0, 0.1) is 0 Å². The maximum absolute atomic E-state index is 12.1. The number of aromatic nitrogens is 3. The van der Waals surface area contributed by atoms with E-state index in [2.05, 4.69) is 34.5 Å². The fourth-order valence-electron chi connectivity index (χ4n) is 3.59. The van der Waals surface area contributed by atoms with Crippen molar-refractivity contribution in [2.75, 3.05) is 14.1 Å². The first-order valence-electron chi connectivity index (χ1n) is 8.91. The van der Waals surface area contributed by atoms with Gasteiger partial charge in [-0.2, -0.15) is 0 Å². The lowest BCUT2D eigenvalue weighted by atomic mass is 9.95. The van der Waals surface area contributed by atoms with Gasteiger partial charge in [-0.1, -0.05) is 41.9 Å². The zero-order chi connectivity index (χ0) is 19.2. The molecule has 1 aliphatic rings. The second-order valence-corrected chi connectivity index (χ2v) is 7.66. The van der Waals surface area contributed by atoms with E-state index in [1.807, 2.05) is 23.7 Å². The molecule has 4 rings (SSSR count). The zero-order valence-corrected chi connectivity index (χ0v) is 17.6. The Morgan fingerprint density at radius 1 is 1.11 bits per heavy atom. The van der Waals surface area contributed by atoms with Crippen molar-refractivity contribution in [3.8, 4) is 11.4 Å². The van der Waals surface area contributed by atoms with E-state index in [1.165, 1.54) is 10.5 Å². The molecule has 2 aromatic carbocycles. The summed E-state index contributed by atoms with van der Waals surface area (Å²) in [6, 6.07) is 15.8. The third-order valence-electron chi connectivity index (χ3n) is 5.24. The van der Waals surface area contributed by atoms with Crippen LogP contribution in [0.1, 0.15) is 34.6 Å². The standard InChI is InChI=1S/C21H21ClN4O.ClH/c1-25(2)19(27)14-9-10-16(17(22)13-14)18-23-24-20(26(18)3)21(11-12-21)15-7-5-4-6-8-15;/h4-10,13H,11-12H2,1-3H3;1H. The Kier molecular flexibility index (Phi) is 5.50. The molecule has 1 amide bonds. The Hall–Kier alpha value is -2.37. The predicted octanol–water partition coefficient (Wildman–Crippen LogP) is 4.34. The zero-order valence-electron chi connectivity index (χ0n) is 16.0. The van der Waals surface area contributed by atoms with Crippen LogP contribution in [0.3, 0.4) is 0 Å². The van der Waals surface area contributed by atoms with Gasteiger partial charge >= 0.3 is 0 Å². The lowest BCUT2D eigenvalue weighted by molar-refractivity contribution is 0.0827. The number of rotatable bonds is 4. The average molecular weight is 417 g/mol. The van der Waals surface area contributed by atoms with E-state index in [1.54, 1.807) is 26.2 Å². The lowest BCUT2D eigenvalue weighted by Gasteiger charge is -2.16. The summed E-state index contributed by atoms with van der Waals surface area (Å²) in [5.41, 5.74) is 2.54. The van der Waals surface area contributed by atoms with Crippen LogP contribution in [-0.4, -0.2) is 39.7 Å². The maximum atomic E-state index is 12.1. The summed E-state index contributed by atoms with van der Waals surface area (Å²) in [6.07, 6.45) is 2.12. The van der Waals surface area contributed by atoms with Crippen molar-refractivity contribution in [1.29, 1.82) is 0 Å². The molecule has 28 heavy (non-hydrogen) atoms. The van der Waals surface area contributed by atoms with Crippen LogP contribution in [0.25, 0.3) is 11.4 Å². The molecular weight excluding hydrogens is 395 g/mol. The van der Waals surface area contributed by atoms with E-state index < -0.39 is 0 Å². The highest BCUT2D eigenvalue weighted by atomic mass is 35.5. The van der Waals surface area contributed by atoms with E-state index in [-0.39, 0.29) is 23.7 Å². The first kappa shape index (κ1) is 20.4. The van der Waals surface area contributed by atoms with Crippen LogP contribution < -0.4 is 0 Å². The number of halogens is 2. The second kappa shape index (κ2) is 7.57. The molecule has 0 aliphatic heterocycles. The molecule has 5 nitrogen and oxygen atoms in total. The van der Waals surface area contributed by atoms with Crippen LogP contribution in [0.2, 0.25) is 5.02 Å². The molecule has 7 heteroatoms. The van der Waals surface area contributed by atoms with Gasteiger partial charge in [0.15, 0.2) is 5.82 Å². The number of hydrogen-bond donors (Lipinski definition) is 0. The average Bonchev–Trinajstić information content (AvgIpc) is 3.39. The summed E-state index contributed by atoms with van der Waals surface area (Å²) in [5, 5.41) is 9.42. The fourth-order valence-corrected chi connectivity index (χ4v) is 3.86. The number of nitrogens with zero attached hydrogens (tertiary/aromatic N) is 4. The molecule has 0 radical (unpaired) electrons. The molecule has 1 aromatic heterocycles. The maximum Gasteiger partial charge on any atom is 0.253 e. The number of amides is 1. The van der Waals surface area contributed by atoms with Gasteiger partial charge in [0, 0.05) is 32.3 Å². The molecule has 0 N–H and O–H groups in total. The van der Waals surface area contributed by atoms with Gasteiger partial charge in [0.05, 0.1) is 10.4 Å². The highest BCUT2D eigenvalue weighted by Gasteiger charge is 2.49. The Morgan fingerprint density at radius 2 is 1.79 bits per heavy atom. The topological polar surface area (TPSA) is 51.0 Å². The van der Waals surface area contributed by atoms with Crippen molar-refractivity contribution < 1.29 is 4.79 Å². The largest absolute Gasteiger partial charge is 0.345 e. The van der Waals surface area contributed by atoms with Crippen molar-refractivity contribution in [2.24, 2.45) is 7.05 Å². The van der Waals surface area contributed by atoms with Gasteiger partial charge in [0.2, 0.25) is 0 Å². The quantitative estimate of drug-likeness (QED) is 0.635. The second-order valence-electron chi connectivity index (χ2n) is 7.25. The van der Waals surface area contributed by atoms with Crippen LogP contribution in [-0.2, 0) is 12.5 Å². The van der Waals surface area contributed by atoms with E-state index >= 15 is 0 Å². The van der Waals surface area contributed by atoms with Crippen molar-refractivity contribution in [3.63, 3.8) is 0 Å². The SMILES string of the molecule is CN(C)C(=O)c1ccc(-c2nnc(C3(c4ccccc4)CC3)n2C)c(Cl)c1.Cl. The summed E-state index contributed by atoms with van der Waals surface area (Å²) in [4.78, 5) is 13.7. The lowest BCUT2D eigenvalue weighted by Crippen LogP contribution is -2.21. The summed E-state index contributed by atoms with van der Waals surface area (Å²) < 4.78 is 2.02. The van der Waals surface area contributed by atoms with Gasteiger partial charge in [0.25, 0.3) is 5.91 Å². The normalized spacial score (nSPS) is 14.3. The van der Waals surface area contributed by atoms with E-state index in [0.29, 0.717) is 16.4 Å². The van der Waals surface area contributed by atoms with Crippen LogP contribution >= 0.6 is 24.0 Å². The molecule has 3 aromatic rings. The Balaban J connectivity index is 0.00000225. The van der Waals surface area contributed by atoms with Crippen LogP contribution in [0.15, 0.2) is 48.5 Å². The molecule has 146 valence electrons. The van der Waals surface area contributed by atoms with Crippen molar-refractivity contribution in [2.45, 2.75) is 18.3 Å². The van der Waals surface area contributed by atoms with Crippen molar-refractivity contribution >= 4 is 29.9 Å². The Labute approximate surface area is 175 Å². The fraction of sp³-hybridized carbons (Fsp3) is 0.286. The molecule has 0 saturated heterocycles. The molecule has 1 heterocycles. The molecule has 0 atom stereocenters. The molecular formula is C21H22Cl2N4O.